The monoisotopic (exact) mass is 467 g/mol. The summed E-state index contributed by atoms with van der Waals surface area (Å²) < 4.78 is 5.33. The molecule has 0 spiro atoms. The molecule has 0 aromatic carbocycles. The molecule has 2 amide bonds. The second-order valence-corrected chi connectivity index (χ2v) is 8.93. The van der Waals surface area contributed by atoms with Gasteiger partial charge in [-0.05, 0) is 46.5 Å². The summed E-state index contributed by atoms with van der Waals surface area (Å²) in [4.78, 5) is 32.4. The topological polar surface area (TPSA) is 167 Å². The lowest BCUT2D eigenvalue weighted by Gasteiger charge is -2.31. The minimum atomic E-state index is -0.539. The van der Waals surface area contributed by atoms with Crippen LogP contribution < -0.4 is 21.3 Å². The first kappa shape index (κ1) is 24.6. The van der Waals surface area contributed by atoms with Crippen LogP contribution in [-0.2, 0) is 4.74 Å². The number of amides is 2. The fourth-order valence-corrected chi connectivity index (χ4v) is 3.51. The Kier molecular flexibility index (Phi) is 7.78. The van der Waals surface area contributed by atoms with E-state index in [9.17, 15) is 9.59 Å². The highest BCUT2D eigenvalue weighted by atomic mass is 16.6. The zero-order chi connectivity index (χ0) is 24.7. The molecule has 2 heterocycles. The number of nitriles is 1. The molecule has 4 N–H and O–H groups in total. The molecule has 0 saturated heterocycles. The van der Waals surface area contributed by atoms with E-state index >= 15 is 0 Å². The Balaban J connectivity index is 1.65. The Morgan fingerprint density at radius 1 is 1.06 bits per heavy atom. The van der Waals surface area contributed by atoms with Gasteiger partial charge >= 0.3 is 6.09 Å². The molecule has 0 unspecified atom stereocenters. The molecular weight excluding hydrogens is 438 g/mol. The Hall–Kier alpha value is -4.01. The van der Waals surface area contributed by atoms with Gasteiger partial charge in [-0.25, -0.2) is 14.8 Å². The molecule has 3 rings (SSSR count). The first-order chi connectivity index (χ1) is 16.2. The van der Waals surface area contributed by atoms with Gasteiger partial charge in [-0.3, -0.25) is 4.79 Å². The lowest BCUT2D eigenvalue weighted by molar-refractivity contribution is 0.0492. The summed E-state index contributed by atoms with van der Waals surface area (Å²) >= 11 is 0. The molecule has 12 nitrogen and oxygen atoms in total. The Morgan fingerprint density at radius 2 is 1.76 bits per heavy atom. The molecule has 2 aromatic heterocycles. The molecule has 1 aliphatic rings. The normalized spacial score (nSPS) is 17.7. The molecule has 0 radical (unpaired) electrons. The van der Waals surface area contributed by atoms with Crippen LogP contribution in [0.2, 0.25) is 0 Å². The van der Waals surface area contributed by atoms with Gasteiger partial charge in [0.1, 0.15) is 17.5 Å². The molecule has 180 valence electrons. The van der Waals surface area contributed by atoms with Crippen molar-refractivity contribution in [2.24, 2.45) is 0 Å². The molecule has 0 bridgehead atoms. The quantitative estimate of drug-likeness (QED) is 0.495. The van der Waals surface area contributed by atoms with Crippen molar-refractivity contribution in [2.75, 3.05) is 17.7 Å². The Morgan fingerprint density at radius 3 is 2.35 bits per heavy atom. The van der Waals surface area contributed by atoms with E-state index < -0.39 is 11.7 Å². The molecular formula is C22H29N9O3. The SMILES string of the molecule is CNC(=O)c1nnc(Nc2cnc(C#N)cn2)cc1NC1CCC(NC(=O)OC(C)(C)C)CC1. The first-order valence-corrected chi connectivity index (χ1v) is 11.0. The van der Waals surface area contributed by atoms with Gasteiger partial charge < -0.3 is 26.0 Å². The van der Waals surface area contributed by atoms with Crippen LogP contribution in [0.3, 0.4) is 0 Å². The molecule has 1 aliphatic carbocycles. The number of aromatic nitrogens is 4. The van der Waals surface area contributed by atoms with Gasteiger partial charge in [-0.1, -0.05) is 0 Å². The number of nitrogens with one attached hydrogen (secondary N) is 4. The van der Waals surface area contributed by atoms with Crippen LogP contribution in [0.4, 0.5) is 22.1 Å². The number of carbonyl (C=O) groups excluding carboxylic acids is 2. The lowest BCUT2D eigenvalue weighted by Crippen LogP contribution is -2.42. The van der Waals surface area contributed by atoms with E-state index in [0.29, 0.717) is 17.3 Å². The summed E-state index contributed by atoms with van der Waals surface area (Å²) in [7, 11) is 1.53. The summed E-state index contributed by atoms with van der Waals surface area (Å²) in [6.07, 6.45) is 5.48. The van der Waals surface area contributed by atoms with Crippen molar-refractivity contribution in [3.05, 3.63) is 29.8 Å². The van der Waals surface area contributed by atoms with Crippen molar-refractivity contribution < 1.29 is 14.3 Å². The predicted octanol–water partition coefficient (Wildman–Crippen LogP) is 2.49. The fourth-order valence-electron chi connectivity index (χ4n) is 3.51. The summed E-state index contributed by atoms with van der Waals surface area (Å²) in [5.41, 5.74) is 0.364. The predicted molar refractivity (Wildman–Crippen MR) is 124 cm³/mol. The molecule has 0 aliphatic heterocycles. The van der Waals surface area contributed by atoms with Crippen molar-refractivity contribution in [3.63, 3.8) is 0 Å². The van der Waals surface area contributed by atoms with E-state index in [-0.39, 0.29) is 29.4 Å². The van der Waals surface area contributed by atoms with Gasteiger partial charge in [0.05, 0.1) is 18.1 Å². The number of anilines is 3. The highest BCUT2D eigenvalue weighted by Gasteiger charge is 2.26. The number of ether oxygens (including phenoxy) is 1. The largest absolute Gasteiger partial charge is 0.444 e. The minimum Gasteiger partial charge on any atom is -0.444 e. The Bertz CT molecular complexity index is 1050. The van der Waals surface area contributed by atoms with Crippen molar-refractivity contribution in [1.82, 2.24) is 30.8 Å². The van der Waals surface area contributed by atoms with Crippen molar-refractivity contribution in [2.45, 2.75) is 64.1 Å². The zero-order valence-electron chi connectivity index (χ0n) is 19.7. The summed E-state index contributed by atoms with van der Waals surface area (Å²) in [5.74, 6) is 0.398. The zero-order valence-corrected chi connectivity index (χ0v) is 19.7. The molecule has 1 saturated carbocycles. The number of rotatable bonds is 6. The van der Waals surface area contributed by atoms with Crippen LogP contribution in [0.1, 0.15) is 62.6 Å². The number of nitrogens with zero attached hydrogens (tertiary/aromatic N) is 5. The average Bonchev–Trinajstić information content (AvgIpc) is 2.79. The van der Waals surface area contributed by atoms with Crippen LogP contribution in [0.15, 0.2) is 18.5 Å². The third-order valence-electron chi connectivity index (χ3n) is 5.07. The van der Waals surface area contributed by atoms with Crippen molar-refractivity contribution in [3.8, 4) is 6.07 Å². The second-order valence-electron chi connectivity index (χ2n) is 8.93. The number of hydrogen-bond donors (Lipinski definition) is 4. The van der Waals surface area contributed by atoms with Crippen LogP contribution in [0, 0.1) is 11.3 Å². The molecule has 12 heteroatoms. The van der Waals surface area contributed by atoms with Crippen LogP contribution in [0.25, 0.3) is 0 Å². The van der Waals surface area contributed by atoms with E-state index in [4.69, 9.17) is 10.00 Å². The number of carbonyl (C=O) groups is 2. The maximum absolute atomic E-state index is 12.3. The van der Waals surface area contributed by atoms with Crippen molar-refractivity contribution in [1.29, 1.82) is 5.26 Å². The maximum atomic E-state index is 12.3. The third-order valence-corrected chi connectivity index (χ3v) is 5.07. The number of hydrogen-bond acceptors (Lipinski definition) is 10. The van der Waals surface area contributed by atoms with Gasteiger partial charge in [-0.15, -0.1) is 10.2 Å². The van der Waals surface area contributed by atoms with E-state index in [2.05, 4.69) is 41.4 Å². The van der Waals surface area contributed by atoms with Gasteiger partial charge in [0.25, 0.3) is 5.91 Å². The molecule has 0 atom stereocenters. The van der Waals surface area contributed by atoms with Crippen LogP contribution in [-0.4, -0.2) is 56.9 Å². The molecule has 34 heavy (non-hydrogen) atoms. The van der Waals surface area contributed by atoms with Gasteiger partial charge in [0, 0.05) is 25.2 Å². The van der Waals surface area contributed by atoms with Gasteiger partial charge in [0.2, 0.25) is 0 Å². The Labute approximate surface area is 197 Å². The third kappa shape index (κ3) is 6.99. The molecule has 1 fully saturated rings. The highest BCUT2D eigenvalue weighted by Crippen LogP contribution is 2.26. The lowest BCUT2D eigenvalue weighted by atomic mass is 9.91. The fraction of sp³-hybridized carbons (Fsp3) is 0.500. The van der Waals surface area contributed by atoms with E-state index in [1.807, 2.05) is 26.8 Å². The van der Waals surface area contributed by atoms with E-state index in [0.717, 1.165) is 25.7 Å². The number of alkyl carbamates (subject to hydrolysis) is 1. The summed E-state index contributed by atoms with van der Waals surface area (Å²) in [6.45, 7) is 5.49. The average molecular weight is 468 g/mol. The van der Waals surface area contributed by atoms with Crippen molar-refractivity contribution >= 4 is 29.3 Å². The second kappa shape index (κ2) is 10.7. The van der Waals surface area contributed by atoms with E-state index in [1.54, 1.807) is 6.07 Å². The minimum absolute atomic E-state index is 0.0362. The van der Waals surface area contributed by atoms with E-state index in [1.165, 1.54) is 19.4 Å². The standard InChI is InChI=1S/C22H29N9O3/c1-22(2,3)34-21(33)28-14-7-5-13(6-8-14)27-16-9-17(30-31-19(16)20(32)24-4)29-18-12-25-15(10-23)11-26-18/h9,11-14H,5-8H2,1-4H3,(H,24,32)(H,28,33)(H2,26,27,29,30). The highest BCUT2D eigenvalue weighted by molar-refractivity contribution is 5.97. The molecule has 2 aromatic rings. The van der Waals surface area contributed by atoms with Crippen LogP contribution >= 0.6 is 0 Å². The summed E-state index contributed by atoms with van der Waals surface area (Å²) in [6, 6.07) is 3.72. The van der Waals surface area contributed by atoms with Gasteiger partial charge in [-0.2, -0.15) is 5.26 Å². The van der Waals surface area contributed by atoms with Gasteiger partial charge in [0.15, 0.2) is 17.2 Å². The first-order valence-electron chi connectivity index (χ1n) is 11.0. The smallest absolute Gasteiger partial charge is 0.407 e. The maximum Gasteiger partial charge on any atom is 0.407 e. The van der Waals surface area contributed by atoms with Crippen LogP contribution in [0.5, 0.6) is 0 Å². The summed E-state index contributed by atoms with van der Waals surface area (Å²) in [5, 5.41) is 28.8.